The summed E-state index contributed by atoms with van der Waals surface area (Å²) in [4.78, 5) is 9.11. The highest BCUT2D eigenvalue weighted by Crippen LogP contribution is 2.30. The summed E-state index contributed by atoms with van der Waals surface area (Å²) in [6.07, 6.45) is 4.43. The molecule has 1 aliphatic heterocycles. The van der Waals surface area contributed by atoms with Gasteiger partial charge in [0.05, 0.1) is 5.69 Å². The van der Waals surface area contributed by atoms with Crippen LogP contribution < -0.4 is 9.80 Å². The molecule has 156 valence electrons. The number of hydrogen-bond donors (Lipinski definition) is 0. The first-order chi connectivity index (χ1) is 15.2. The van der Waals surface area contributed by atoms with Crippen LogP contribution in [0.4, 0.5) is 11.5 Å². The third-order valence-corrected chi connectivity index (χ3v) is 6.13. The van der Waals surface area contributed by atoms with Gasteiger partial charge in [0, 0.05) is 61.0 Å². The van der Waals surface area contributed by atoms with Gasteiger partial charge in [-0.15, -0.1) is 5.10 Å². The minimum atomic E-state index is 0.395. The Morgan fingerprint density at radius 2 is 1.71 bits per heavy atom. The summed E-state index contributed by atoms with van der Waals surface area (Å²) >= 11 is 0. The van der Waals surface area contributed by atoms with Crippen LogP contribution in [0.1, 0.15) is 23.7 Å². The van der Waals surface area contributed by atoms with Crippen molar-refractivity contribution in [3.05, 3.63) is 89.9 Å². The quantitative estimate of drug-likeness (QED) is 0.491. The fourth-order valence-electron chi connectivity index (χ4n) is 4.48. The number of benzene rings is 2. The van der Waals surface area contributed by atoms with Gasteiger partial charge in [0.25, 0.3) is 0 Å². The molecule has 0 bridgehead atoms. The number of aryl methyl sites for hydroxylation is 1. The number of nitrogens with zero attached hydrogens (tertiary/aromatic N) is 5. The number of fused-ring (bicyclic) bond motifs is 1. The zero-order chi connectivity index (χ0) is 21.2. The van der Waals surface area contributed by atoms with Gasteiger partial charge >= 0.3 is 0 Å². The van der Waals surface area contributed by atoms with Crippen molar-refractivity contribution in [1.29, 1.82) is 0 Å². The van der Waals surface area contributed by atoms with E-state index >= 15 is 0 Å². The van der Waals surface area contributed by atoms with E-state index in [9.17, 15) is 0 Å². The van der Waals surface area contributed by atoms with Crippen LogP contribution in [0.15, 0.2) is 73.1 Å². The number of aromatic nitrogens is 3. The average Bonchev–Trinajstić information content (AvgIpc) is 2.81. The zero-order valence-corrected chi connectivity index (χ0v) is 18.1. The normalized spacial score (nSPS) is 16.6. The first kappa shape index (κ1) is 19.5. The van der Waals surface area contributed by atoms with Crippen LogP contribution in [0.2, 0.25) is 0 Å². The third-order valence-electron chi connectivity index (χ3n) is 6.13. The first-order valence-electron chi connectivity index (χ1n) is 10.9. The van der Waals surface area contributed by atoms with Gasteiger partial charge in [-0.05, 0) is 37.6 Å². The molecule has 1 atom stereocenters. The van der Waals surface area contributed by atoms with Gasteiger partial charge in [0.2, 0.25) is 0 Å². The Bertz CT molecular complexity index is 1170. The molecular formula is C26H27N5. The lowest BCUT2D eigenvalue weighted by atomic mass is 10.0. The van der Waals surface area contributed by atoms with Crippen LogP contribution in [0, 0.1) is 6.92 Å². The van der Waals surface area contributed by atoms with Crippen LogP contribution in [0.3, 0.4) is 0 Å². The highest BCUT2D eigenvalue weighted by Gasteiger charge is 2.26. The van der Waals surface area contributed by atoms with E-state index in [1.54, 1.807) is 6.20 Å². The molecule has 0 N–H and O–H groups in total. The Morgan fingerprint density at radius 3 is 2.45 bits per heavy atom. The van der Waals surface area contributed by atoms with Crippen molar-refractivity contribution in [3.8, 4) is 0 Å². The second kappa shape index (κ2) is 8.34. The van der Waals surface area contributed by atoms with Crippen molar-refractivity contribution in [3.63, 3.8) is 0 Å². The largest absolute Gasteiger partial charge is 0.365 e. The van der Waals surface area contributed by atoms with Gasteiger partial charge in [-0.25, -0.2) is 0 Å². The molecule has 5 rings (SSSR count). The molecule has 0 unspecified atom stereocenters. The standard InChI is InChI=1S/C26H27N5/c1-19-9-11-22(12-10-19)31-15-14-30(18-20(31)2)26-24-8-4-3-7-23(24)25(28-29-26)16-21-6-5-13-27-17-21/h3-13,17,20H,14-16,18H2,1-2H3/t20-/m1/s1. The van der Waals surface area contributed by atoms with E-state index in [-0.39, 0.29) is 0 Å². The molecule has 0 aliphatic carbocycles. The van der Waals surface area contributed by atoms with E-state index in [1.165, 1.54) is 22.0 Å². The summed E-state index contributed by atoms with van der Waals surface area (Å²) in [6.45, 7) is 7.25. The molecule has 1 fully saturated rings. The van der Waals surface area contributed by atoms with Gasteiger partial charge in [0.15, 0.2) is 5.82 Å². The molecule has 0 amide bonds. The Balaban J connectivity index is 1.42. The molecule has 0 radical (unpaired) electrons. The van der Waals surface area contributed by atoms with E-state index in [0.29, 0.717) is 6.04 Å². The summed E-state index contributed by atoms with van der Waals surface area (Å²) in [5.74, 6) is 0.987. The van der Waals surface area contributed by atoms with Gasteiger partial charge in [0.1, 0.15) is 0 Å². The number of anilines is 2. The number of rotatable bonds is 4. The SMILES string of the molecule is Cc1ccc(N2CCN(c3nnc(Cc4cccnc4)c4ccccc34)C[C@H]2C)cc1. The van der Waals surface area contributed by atoms with Crippen LogP contribution in [0.25, 0.3) is 10.8 Å². The molecule has 1 saturated heterocycles. The Labute approximate surface area is 183 Å². The fraction of sp³-hybridized carbons (Fsp3) is 0.269. The molecule has 4 aromatic rings. The van der Waals surface area contributed by atoms with Gasteiger partial charge in [-0.3, -0.25) is 4.98 Å². The Hall–Kier alpha value is -3.47. The minimum absolute atomic E-state index is 0.395. The molecule has 0 saturated carbocycles. The fourth-order valence-corrected chi connectivity index (χ4v) is 4.48. The average molecular weight is 410 g/mol. The lowest BCUT2D eigenvalue weighted by molar-refractivity contribution is 0.546. The number of hydrogen-bond acceptors (Lipinski definition) is 5. The maximum absolute atomic E-state index is 4.71. The first-order valence-corrected chi connectivity index (χ1v) is 10.9. The lowest BCUT2D eigenvalue weighted by Gasteiger charge is -2.42. The topological polar surface area (TPSA) is 45.2 Å². The molecule has 5 heteroatoms. The highest BCUT2D eigenvalue weighted by atomic mass is 15.3. The van der Waals surface area contributed by atoms with Gasteiger partial charge in [-0.2, -0.15) is 5.10 Å². The molecular weight excluding hydrogens is 382 g/mol. The second-order valence-electron chi connectivity index (χ2n) is 8.38. The zero-order valence-electron chi connectivity index (χ0n) is 18.1. The van der Waals surface area contributed by atoms with Gasteiger partial charge in [-0.1, -0.05) is 48.0 Å². The maximum atomic E-state index is 4.71. The minimum Gasteiger partial charge on any atom is -0.365 e. The lowest BCUT2D eigenvalue weighted by Crippen LogP contribution is -2.52. The number of piperazine rings is 1. The second-order valence-corrected chi connectivity index (χ2v) is 8.38. The van der Waals surface area contributed by atoms with E-state index in [4.69, 9.17) is 5.10 Å². The predicted molar refractivity (Wildman–Crippen MR) is 127 cm³/mol. The van der Waals surface area contributed by atoms with E-state index in [0.717, 1.165) is 43.1 Å². The third kappa shape index (κ3) is 3.96. The van der Waals surface area contributed by atoms with Crippen molar-refractivity contribution in [2.24, 2.45) is 0 Å². The monoisotopic (exact) mass is 409 g/mol. The summed E-state index contributed by atoms with van der Waals surface area (Å²) in [5, 5.41) is 11.7. The predicted octanol–water partition coefficient (Wildman–Crippen LogP) is 4.64. The van der Waals surface area contributed by atoms with Crippen molar-refractivity contribution in [2.75, 3.05) is 29.4 Å². The molecule has 31 heavy (non-hydrogen) atoms. The summed E-state index contributed by atoms with van der Waals surface area (Å²) in [5.41, 5.74) is 4.73. The van der Waals surface area contributed by atoms with E-state index in [2.05, 4.69) is 88.3 Å². The van der Waals surface area contributed by atoms with E-state index < -0.39 is 0 Å². The molecule has 2 aromatic heterocycles. The summed E-state index contributed by atoms with van der Waals surface area (Å²) in [7, 11) is 0. The van der Waals surface area contributed by atoms with Crippen LogP contribution in [-0.2, 0) is 6.42 Å². The highest BCUT2D eigenvalue weighted by molar-refractivity contribution is 5.93. The van der Waals surface area contributed by atoms with E-state index in [1.807, 2.05) is 12.3 Å². The van der Waals surface area contributed by atoms with Crippen molar-refractivity contribution < 1.29 is 0 Å². The van der Waals surface area contributed by atoms with Crippen molar-refractivity contribution in [1.82, 2.24) is 15.2 Å². The van der Waals surface area contributed by atoms with Crippen molar-refractivity contribution in [2.45, 2.75) is 26.3 Å². The smallest absolute Gasteiger partial charge is 0.159 e. The maximum Gasteiger partial charge on any atom is 0.159 e. The Kier molecular flexibility index (Phi) is 5.24. The molecule has 0 spiro atoms. The van der Waals surface area contributed by atoms with Crippen LogP contribution in [-0.4, -0.2) is 40.9 Å². The van der Waals surface area contributed by atoms with Crippen LogP contribution >= 0.6 is 0 Å². The Morgan fingerprint density at radius 1 is 0.903 bits per heavy atom. The molecule has 3 heterocycles. The summed E-state index contributed by atoms with van der Waals surface area (Å²) in [6, 6.07) is 21.8. The molecule has 5 nitrogen and oxygen atoms in total. The van der Waals surface area contributed by atoms with Crippen LogP contribution in [0.5, 0.6) is 0 Å². The van der Waals surface area contributed by atoms with Crippen molar-refractivity contribution >= 4 is 22.3 Å². The number of pyridine rings is 1. The van der Waals surface area contributed by atoms with Gasteiger partial charge < -0.3 is 9.80 Å². The summed E-state index contributed by atoms with van der Waals surface area (Å²) < 4.78 is 0. The molecule has 1 aliphatic rings. The molecule has 2 aromatic carbocycles.